The molecule has 0 unspecified atom stereocenters. The van der Waals surface area contributed by atoms with Crippen LogP contribution in [0.2, 0.25) is 0 Å². The highest BCUT2D eigenvalue weighted by Gasteiger charge is 2.33. The number of amides is 1. The number of benzene rings is 1. The third-order valence-corrected chi connectivity index (χ3v) is 3.41. The number of nitrogens with zero attached hydrogens (tertiary/aromatic N) is 3. The van der Waals surface area contributed by atoms with Crippen molar-refractivity contribution in [2.45, 2.75) is 13.1 Å². The van der Waals surface area contributed by atoms with Gasteiger partial charge in [-0.05, 0) is 39.2 Å². The molecule has 1 aromatic carbocycles. The van der Waals surface area contributed by atoms with Gasteiger partial charge in [0.1, 0.15) is 5.69 Å². The predicted octanol–water partition coefficient (Wildman–Crippen LogP) is 2.84. The van der Waals surface area contributed by atoms with Crippen molar-refractivity contribution in [2.75, 3.05) is 32.5 Å². The number of para-hydroxylation sites is 1. The zero-order valence-electron chi connectivity index (χ0n) is 14.7. The first-order valence-corrected chi connectivity index (χ1v) is 7.88. The van der Waals surface area contributed by atoms with Crippen LogP contribution in [-0.2, 0) is 6.18 Å². The maximum Gasteiger partial charge on any atom is 0.418 e. The SMILES string of the molecule is Cc1cc(C(=O)NCCN(C)C)nc(Nc2ccccc2C(F)(F)F)n1. The molecule has 6 nitrogen and oxygen atoms in total. The summed E-state index contributed by atoms with van der Waals surface area (Å²) in [5.41, 5.74) is -0.459. The van der Waals surface area contributed by atoms with E-state index in [1.165, 1.54) is 24.3 Å². The van der Waals surface area contributed by atoms with Gasteiger partial charge in [0.25, 0.3) is 5.91 Å². The van der Waals surface area contributed by atoms with Gasteiger partial charge in [-0.25, -0.2) is 9.97 Å². The van der Waals surface area contributed by atoms with Crippen LogP contribution in [0.15, 0.2) is 30.3 Å². The fourth-order valence-corrected chi connectivity index (χ4v) is 2.18. The van der Waals surface area contributed by atoms with E-state index in [4.69, 9.17) is 0 Å². The van der Waals surface area contributed by atoms with Crippen molar-refractivity contribution in [3.05, 3.63) is 47.3 Å². The van der Waals surface area contributed by atoms with E-state index in [2.05, 4.69) is 20.6 Å². The molecule has 2 rings (SSSR count). The van der Waals surface area contributed by atoms with Crippen molar-refractivity contribution in [1.29, 1.82) is 0 Å². The molecule has 9 heteroatoms. The molecule has 0 radical (unpaired) electrons. The molecule has 0 saturated carbocycles. The van der Waals surface area contributed by atoms with Gasteiger partial charge < -0.3 is 15.5 Å². The average Bonchev–Trinajstić information content (AvgIpc) is 2.53. The first-order chi connectivity index (χ1) is 12.2. The van der Waals surface area contributed by atoms with Crippen LogP contribution in [0, 0.1) is 6.92 Å². The van der Waals surface area contributed by atoms with Crippen molar-refractivity contribution in [1.82, 2.24) is 20.2 Å². The van der Waals surface area contributed by atoms with Gasteiger partial charge in [0.2, 0.25) is 5.95 Å². The number of rotatable bonds is 6. The maximum absolute atomic E-state index is 13.1. The minimum absolute atomic E-state index is 0.0699. The molecule has 1 amide bonds. The molecule has 0 bridgehead atoms. The van der Waals surface area contributed by atoms with E-state index in [1.807, 2.05) is 19.0 Å². The summed E-state index contributed by atoms with van der Waals surface area (Å²) in [5.74, 6) is -0.482. The number of nitrogens with one attached hydrogen (secondary N) is 2. The topological polar surface area (TPSA) is 70.2 Å². The second kappa shape index (κ2) is 8.13. The predicted molar refractivity (Wildman–Crippen MR) is 92.4 cm³/mol. The second-order valence-corrected chi connectivity index (χ2v) is 5.95. The summed E-state index contributed by atoms with van der Waals surface area (Å²) in [6, 6.07) is 6.50. The molecule has 0 fully saturated rings. The third-order valence-electron chi connectivity index (χ3n) is 3.41. The lowest BCUT2D eigenvalue weighted by atomic mass is 10.1. The van der Waals surface area contributed by atoms with Crippen molar-refractivity contribution in [3.8, 4) is 0 Å². The van der Waals surface area contributed by atoms with Crippen molar-refractivity contribution < 1.29 is 18.0 Å². The Hall–Kier alpha value is -2.68. The van der Waals surface area contributed by atoms with Crippen molar-refractivity contribution in [2.24, 2.45) is 0 Å². The van der Waals surface area contributed by atoms with Gasteiger partial charge in [0.15, 0.2) is 0 Å². The molecular weight excluding hydrogens is 347 g/mol. The fraction of sp³-hybridized carbons (Fsp3) is 0.353. The van der Waals surface area contributed by atoms with Crippen LogP contribution < -0.4 is 10.6 Å². The number of likely N-dealkylation sites (N-methyl/N-ethyl adjacent to an activating group) is 1. The minimum Gasteiger partial charge on any atom is -0.349 e. The molecule has 2 aromatic rings. The van der Waals surface area contributed by atoms with E-state index in [1.54, 1.807) is 6.92 Å². The van der Waals surface area contributed by atoms with Crippen molar-refractivity contribution >= 4 is 17.5 Å². The highest BCUT2D eigenvalue weighted by atomic mass is 19.4. The van der Waals surface area contributed by atoms with Gasteiger partial charge in [0.05, 0.1) is 11.3 Å². The van der Waals surface area contributed by atoms with Crippen LogP contribution in [0.4, 0.5) is 24.8 Å². The molecule has 0 atom stereocenters. The molecule has 140 valence electrons. The Labute approximate surface area is 149 Å². The molecule has 0 spiro atoms. The Kier molecular flexibility index (Phi) is 6.14. The largest absolute Gasteiger partial charge is 0.418 e. The number of anilines is 2. The van der Waals surface area contributed by atoms with Crippen LogP contribution in [0.1, 0.15) is 21.7 Å². The normalized spacial score (nSPS) is 11.5. The maximum atomic E-state index is 13.1. The Morgan fingerprint density at radius 3 is 2.54 bits per heavy atom. The van der Waals surface area contributed by atoms with Crippen LogP contribution in [-0.4, -0.2) is 48.0 Å². The van der Waals surface area contributed by atoms with Crippen LogP contribution in [0.5, 0.6) is 0 Å². The summed E-state index contributed by atoms with van der Waals surface area (Å²) >= 11 is 0. The van der Waals surface area contributed by atoms with E-state index >= 15 is 0 Å². The van der Waals surface area contributed by atoms with E-state index in [0.29, 0.717) is 18.8 Å². The molecule has 1 heterocycles. The summed E-state index contributed by atoms with van der Waals surface area (Å²) in [5, 5.41) is 5.26. The van der Waals surface area contributed by atoms with Gasteiger partial charge in [-0.2, -0.15) is 13.2 Å². The minimum atomic E-state index is -4.51. The summed E-state index contributed by atoms with van der Waals surface area (Å²) in [6.45, 7) is 2.72. The monoisotopic (exact) mass is 367 g/mol. The number of halogens is 3. The number of hydrogen-bond acceptors (Lipinski definition) is 5. The lowest BCUT2D eigenvalue weighted by Crippen LogP contribution is -2.32. The first-order valence-electron chi connectivity index (χ1n) is 7.88. The smallest absolute Gasteiger partial charge is 0.349 e. The molecule has 2 N–H and O–H groups in total. The van der Waals surface area contributed by atoms with Crippen LogP contribution in [0.3, 0.4) is 0 Å². The molecule has 0 aliphatic rings. The summed E-state index contributed by atoms with van der Waals surface area (Å²) in [4.78, 5) is 22.2. The third kappa shape index (κ3) is 5.41. The number of alkyl halides is 3. The Morgan fingerprint density at radius 2 is 1.88 bits per heavy atom. The van der Waals surface area contributed by atoms with Gasteiger partial charge in [-0.15, -0.1) is 0 Å². The zero-order chi connectivity index (χ0) is 19.3. The number of aryl methyl sites for hydroxylation is 1. The fourth-order valence-electron chi connectivity index (χ4n) is 2.18. The van der Waals surface area contributed by atoms with Crippen LogP contribution in [0.25, 0.3) is 0 Å². The highest BCUT2D eigenvalue weighted by molar-refractivity contribution is 5.92. The molecule has 1 aromatic heterocycles. The van der Waals surface area contributed by atoms with Gasteiger partial charge in [-0.1, -0.05) is 12.1 Å². The molecule has 0 aliphatic carbocycles. The number of hydrogen-bond donors (Lipinski definition) is 2. The molecule has 0 aliphatic heterocycles. The second-order valence-electron chi connectivity index (χ2n) is 5.95. The molecular formula is C17H20F3N5O. The van der Waals surface area contributed by atoms with Crippen molar-refractivity contribution in [3.63, 3.8) is 0 Å². The summed E-state index contributed by atoms with van der Waals surface area (Å²) < 4.78 is 39.3. The van der Waals surface area contributed by atoms with Gasteiger partial charge in [0, 0.05) is 18.8 Å². The average molecular weight is 367 g/mol. The first kappa shape index (κ1) is 19.6. The number of aromatic nitrogens is 2. The summed E-state index contributed by atoms with van der Waals surface area (Å²) in [6.07, 6.45) is -4.51. The van der Waals surface area contributed by atoms with E-state index in [0.717, 1.165) is 6.07 Å². The van der Waals surface area contributed by atoms with E-state index in [9.17, 15) is 18.0 Å². The van der Waals surface area contributed by atoms with Gasteiger partial charge in [-0.3, -0.25) is 4.79 Å². The van der Waals surface area contributed by atoms with E-state index < -0.39 is 17.6 Å². The number of carbonyl (C=O) groups excluding carboxylic acids is 1. The Bertz CT molecular complexity index is 777. The standard InChI is InChI=1S/C17H20F3N5O/c1-11-10-14(15(26)21-8-9-25(2)3)24-16(22-11)23-13-7-5-4-6-12(13)17(18,19)20/h4-7,10H,8-9H2,1-3H3,(H,21,26)(H,22,23,24). The van der Waals surface area contributed by atoms with Gasteiger partial charge >= 0.3 is 6.18 Å². The van der Waals surface area contributed by atoms with E-state index in [-0.39, 0.29) is 17.3 Å². The zero-order valence-corrected chi connectivity index (χ0v) is 14.7. The Morgan fingerprint density at radius 1 is 1.19 bits per heavy atom. The van der Waals surface area contributed by atoms with Crippen LogP contribution >= 0.6 is 0 Å². The quantitative estimate of drug-likeness (QED) is 0.822. The molecule has 26 heavy (non-hydrogen) atoms. The highest BCUT2D eigenvalue weighted by Crippen LogP contribution is 2.35. The molecule has 0 saturated heterocycles. The number of carbonyl (C=O) groups is 1. The lowest BCUT2D eigenvalue weighted by Gasteiger charge is -2.14. The Balaban J connectivity index is 2.22. The lowest BCUT2D eigenvalue weighted by molar-refractivity contribution is -0.136. The summed E-state index contributed by atoms with van der Waals surface area (Å²) in [7, 11) is 3.75.